The Kier molecular flexibility index (Phi) is 4.38. The van der Waals surface area contributed by atoms with Gasteiger partial charge < -0.3 is 5.11 Å². The minimum Gasteiger partial charge on any atom is -0.362 e. The summed E-state index contributed by atoms with van der Waals surface area (Å²) in [5.74, 6) is -2.02. The van der Waals surface area contributed by atoms with Crippen LogP contribution in [0.25, 0.3) is 0 Å². The third kappa shape index (κ3) is 2.94. The van der Waals surface area contributed by atoms with Gasteiger partial charge in [-0.1, -0.05) is 6.42 Å². The quantitative estimate of drug-likeness (QED) is 0.903. The molecule has 138 valence electrons. The predicted octanol–water partition coefficient (Wildman–Crippen LogP) is 2.53. The van der Waals surface area contributed by atoms with Crippen molar-refractivity contribution in [1.29, 1.82) is 0 Å². The Bertz CT molecular complexity index is 713. The van der Waals surface area contributed by atoms with Crippen molar-refractivity contribution in [3.63, 3.8) is 0 Å². The molecule has 0 unspecified atom stereocenters. The normalized spacial score (nSPS) is 26.6. The highest BCUT2D eigenvalue weighted by molar-refractivity contribution is 5.93. The number of hydrazone groups is 1. The number of carbonyl (C=O) groups is 1. The van der Waals surface area contributed by atoms with Crippen LogP contribution in [0, 0.1) is 19.8 Å². The van der Waals surface area contributed by atoms with Crippen molar-refractivity contribution in [2.45, 2.75) is 64.4 Å². The second-order valence-electron chi connectivity index (χ2n) is 6.72. The molecule has 1 saturated carbocycles. The zero-order valence-corrected chi connectivity index (χ0v) is 14.2. The Morgan fingerprint density at radius 3 is 2.72 bits per heavy atom. The Morgan fingerprint density at radius 2 is 2.12 bits per heavy atom. The molecule has 1 aromatic heterocycles. The Labute approximate surface area is 143 Å². The van der Waals surface area contributed by atoms with E-state index in [-0.39, 0.29) is 30.1 Å². The number of halogens is 3. The zero-order valence-electron chi connectivity index (χ0n) is 14.2. The molecule has 2 aliphatic rings. The van der Waals surface area contributed by atoms with Gasteiger partial charge in [-0.25, -0.2) is 0 Å². The highest BCUT2D eigenvalue weighted by Gasteiger charge is 2.68. The van der Waals surface area contributed by atoms with E-state index in [0.29, 0.717) is 12.8 Å². The van der Waals surface area contributed by atoms with Gasteiger partial charge in [0.1, 0.15) is 0 Å². The minimum absolute atomic E-state index is 0.137. The van der Waals surface area contributed by atoms with E-state index in [1.54, 1.807) is 18.5 Å². The average Bonchev–Trinajstić information content (AvgIpc) is 3.02. The number of hydrogen-bond acceptors (Lipinski definition) is 4. The number of alkyl halides is 3. The molecule has 0 spiro atoms. The van der Waals surface area contributed by atoms with Gasteiger partial charge >= 0.3 is 6.18 Å². The van der Waals surface area contributed by atoms with Gasteiger partial charge in [0, 0.05) is 17.8 Å². The van der Waals surface area contributed by atoms with Crippen LogP contribution in [-0.4, -0.2) is 43.4 Å². The lowest BCUT2D eigenvalue weighted by Crippen LogP contribution is -2.61. The number of aryl methyl sites for hydroxylation is 3. The lowest BCUT2D eigenvalue weighted by molar-refractivity contribution is -0.317. The van der Waals surface area contributed by atoms with E-state index < -0.39 is 23.7 Å². The number of carbonyl (C=O) groups excluding carboxylic acids is 1. The first-order chi connectivity index (χ1) is 11.6. The minimum atomic E-state index is -4.96. The summed E-state index contributed by atoms with van der Waals surface area (Å²) in [6.45, 7) is 3.74. The van der Waals surface area contributed by atoms with E-state index in [4.69, 9.17) is 0 Å². The number of aliphatic hydroxyl groups is 1. The number of hydrogen-bond donors (Lipinski definition) is 1. The maximum absolute atomic E-state index is 13.6. The van der Waals surface area contributed by atoms with Crippen molar-refractivity contribution in [3.8, 4) is 0 Å². The molecule has 3 rings (SSSR count). The van der Waals surface area contributed by atoms with Crippen LogP contribution >= 0.6 is 0 Å². The molecule has 9 heteroatoms. The summed E-state index contributed by atoms with van der Waals surface area (Å²) in [7, 11) is 0. The zero-order chi connectivity index (χ0) is 18.4. The Morgan fingerprint density at radius 1 is 1.40 bits per heavy atom. The van der Waals surface area contributed by atoms with Crippen molar-refractivity contribution >= 4 is 11.6 Å². The second-order valence-corrected chi connectivity index (χ2v) is 6.72. The van der Waals surface area contributed by atoms with Crippen molar-refractivity contribution < 1.29 is 23.1 Å². The van der Waals surface area contributed by atoms with Gasteiger partial charge in [0.2, 0.25) is 5.91 Å². The van der Waals surface area contributed by atoms with Crippen LogP contribution in [0.1, 0.15) is 43.5 Å². The standard InChI is InChI=1S/C16H21F3N4O2/c1-10-9-11(2)22(20-10)8-7-14(24)23-15(25,16(17,18)19)12-5-3-4-6-13(12)21-23/h9,12,25H,3-8H2,1-2H3/t12-,15-/m0/s1. The van der Waals surface area contributed by atoms with Gasteiger partial charge in [-0.2, -0.15) is 28.4 Å². The third-order valence-corrected chi connectivity index (χ3v) is 4.91. The van der Waals surface area contributed by atoms with Gasteiger partial charge in [0.05, 0.1) is 18.2 Å². The Balaban J connectivity index is 1.82. The van der Waals surface area contributed by atoms with Crippen molar-refractivity contribution in [2.24, 2.45) is 11.0 Å². The first-order valence-corrected chi connectivity index (χ1v) is 8.35. The maximum atomic E-state index is 13.6. The van der Waals surface area contributed by atoms with E-state index >= 15 is 0 Å². The topological polar surface area (TPSA) is 70.7 Å². The first kappa shape index (κ1) is 17.9. The molecule has 0 saturated heterocycles. The molecule has 2 atom stereocenters. The highest BCUT2D eigenvalue weighted by Crippen LogP contribution is 2.48. The van der Waals surface area contributed by atoms with Gasteiger partial charge in [-0.3, -0.25) is 9.48 Å². The highest BCUT2D eigenvalue weighted by atomic mass is 19.4. The summed E-state index contributed by atoms with van der Waals surface area (Å²) in [4.78, 5) is 12.5. The van der Waals surface area contributed by atoms with Crippen molar-refractivity contribution in [2.75, 3.05) is 0 Å². The van der Waals surface area contributed by atoms with Crippen LogP contribution in [0.15, 0.2) is 11.2 Å². The fourth-order valence-electron chi connectivity index (χ4n) is 3.67. The fraction of sp³-hybridized carbons (Fsp3) is 0.688. The monoisotopic (exact) mass is 358 g/mol. The van der Waals surface area contributed by atoms with Gasteiger partial charge in [-0.15, -0.1) is 0 Å². The third-order valence-electron chi connectivity index (χ3n) is 4.91. The van der Waals surface area contributed by atoms with Gasteiger partial charge in [0.25, 0.3) is 5.72 Å². The molecule has 6 nitrogen and oxygen atoms in total. The van der Waals surface area contributed by atoms with Crippen LogP contribution in [0.2, 0.25) is 0 Å². The molecular formula is C16H21F3N4O2. The molecule has 25 heavy (non-hydrogen) atoms. The van der Waals surface area contributed by atoms with Gasteiger partial charge in [0.15, 0.2) is 0 Å². The molecule has 1 N–H and O–H groups in total. The van der Waals surface area contributed by atoms with Crippen LogP contribution in [0.5, 0.6) is 0 Å². The average molecular weight is 358 g/mol. The van der Waals surface area contributed by atoms with Crippen molar-refractivity contribution in [1.82, 2.24) is 14.8 Å². The molecule has 0 aromatic carbocycles. The second kappa shape index (κ2) is 6.12. The number of rotatable bonds is 3. The number of fused-ring (bicyclic) bond motifs is 1. The summed E-state index contributed by atoms with van der Waals surface area (Å²) in [6.07, 6.45) is -3.33. The molecule has 2 heterocycles. The van der Waals surface area contributed by atoms with Crippen LogP contribution in [0.4, 0.5) is 13.2 Å². The van der Waals surface area contributed by atoms with Crippen LogP contribution < -0.4 is 0 Å². The number of nitrogens with zero attached hydrogens (tertiary/aromatic N) is 4. The molecule has 0 bridgehead atoms. The molecule has 1 amide bonds. The van der Waals surface area contributed by atoms with Gasteiger partial charge in [-0.05, 0) is 39.2 Å². The molecule has 1 aliphatic carbocycles. The van der Waals surface area contributed by atoms with E-state index in [1.165, 1.54) is 0 Å². The fourth-order valence-corrected chi connectivity index (χ4v) is 3.67. The van der Waals surface area contributed by atoms with Crippen LogP contribution in [-0.2, 0) is 11.3 Å². The smallest absolute Gasteiger partial charge is 0.362 e. The molecule has 1 aliphatic heterocycles. The summed E-state index contributed by atoms with van der Waals surface area (Å²) in [5, 5.41) is 18.8. The number of amides is 1. The summed E-state index contributed by atoms with van der Waals surface area (Å²) in [5.41, 5.74) is -1.39. The summed E-state index contributed by atoms with van der Waals surface area (Å²) >= 11 is 0. The summed E-state index contributed by atoms with van der Waals surface area (Å²) in [6, 6.07) is 1.82. The lowest BCUT2D eigenvalue weighted by atomic mass is 9.80. The van der Waals surface area contributed by atoms with E-state index in [2.05, 4.69) is 10.2 Å². The van der Waals surface area contributed by atoms with Crippen LogP contribution in [0.3, 0.4) is 0 Å². The SMILES string of the molecule is Cc1cc(C)n(CCC(=O)N2N=C3CCCC[C@@H]3[C@]2(O)C(F)(F)F)n1. The largest absolute Gasteiger partial charge is 0.439 e. The summed E-state index contributed by atoms with van der Waals surface area (Å²) < 4.78 is 42.4. The number of aromatic nitrogens is 2. The molecular weight excluding hydrogens is 337 g/mol. The molecule has 1 fully saturated rings. The molecule has 1 aromatic rings. The van der Waals surface area contributed by atoms with E-state index in [1.807, 2.05) is 6.07 Å². The predicted molar refractivity (Wildman–Crippen MR) is 83.6 cm³/mol. The van der Waals surface area contributed by atoms with E-state index in [0.717, 1.165) is 17.8 Å². The van der Waals surface area contributed by atoms with E-state index in [9.17, 15) is 23.1 Å². The lowest BCUT2D eigenvalue weighted by Gasteiger charge is -2.38. The van der Waals surface area contributed by atoms with Crippen molar-refractivity contribution in [3.05, 3.63) is 17.5 Å². The molecule has 0 radical (unpaired) electrons. The Hall–Kier alpha value is -1.90. The maximum Gasteiger partial charge on any atom is 0.439 e. The first-order valence-electron chi connectivity index (χ1n) is 8.35.